The van der Waals surface area contributed by atoms with Crippen LogP contribution in [0.5, 0.6) is 0 Å². The first kappa shape index (κ1) is 20.1. The molecule has 0 aliphatic heterocycles. The molecule has 1 aromatic carbocycles. The highest BCUT2D eigenvalue weighted by Gasteiger charge is 2.05. The standard InChI is InChI=1S/C16H26FN3.HI/c1-4-6-13-20(3)16(18-5-2)19-12-11-14-9-7-8-10-15(14)17;/h7-10H,4-6,11-13H2,1-3H3,(H,18,19);1H. The SMILES string of the molecule is CCCCN(C)C(=NCCc1ccccc1F)NCC.I. The minimum atomic E-state index is -0.146. The Bertz CT molecular complexity index is 424. The van der Waals surface area contributed by atoms with Gasteiger partial charge in [-0.05, 0) is 31.4 Å². The van der Waals surface area contributed by atoms with E-state index in [2.05, 4.69) is 29.1 Å². The van der Waals surface area contributed by atoms with Crippen molar-refractivity contribution < 1.29 is 4.39 Å². The molecule has 1 N–H and O–H groups in total. The number of hydrogen-bond acceptors (Lipinski definition) is 1. The van der Waals surface area contributed by atoms with Crippen LogP contribution in [0.2, 0.25) is 0 Å². The van der Waals surface area contributed by atoms with Gasteiger partial charge in [-0.25, -0.2) is 4.39 Å². The summed E-state index contributed by atoms with van der Waals surface area (Å²) in [6, 6.07) is 6.89. The molecule has 5 heteroatoms. The Hall–Kier alpha value is -0.850. The first-order valence-corrected chi connectivity index (χ1v) is 7.41. The summed E-state index contributed by atoms with van der Waals surface area (Å²) in [6.45, 7) is 6.66. The summed E-state index contributed by atoms with van der Waals surface area (Å²) in [7, 11) is 2.04. The summed E-state index contributed by atoms with van der Waals surface area (Å²) in [6.07, 6.45) is 2.94. The predicted octanol–water partition coefficient (Wildman–Crippen LogP) is 3.68. The molecule has 0 spiro atoms. The van der Waals surface area contributed by atoms with E-state index in [-0.39, 0.29) is 29.8 Å². The Labute approximate surface area is 145 Å². The van der Waals surface area contributed by atoms with E-state index in [1.54, 1.807) is 6.07 Å². The second-order valence-corrected chi connectivity index (χ2v) is 4.85. The van der Waals surface area contributed by atoms with Gasteiger partial charge in [-0.1, -0.05) is 31.5 Å². The van der Waals surface area contributed by atoms with Crippen LogP contribution < -0.4 is 5.32 Å². The fourth-order valence-electron chi connectivity index (χ4n) is 1.95. The number of guanidine groups is 1. The Morgan fingerprint density at radius 3 is 2.62 bits per heavy atom. The van der Waals surface area contributed by atoms with E-state index in [0.717, 1.165) is 31.0 Å². The summed E-state index contributed by atoms with van der Waals surface area (Å²) >= 11 is 0. The quantitative estimate of drug-likeness (QED) is 0.424. The van der Waals surface area contributed by atoms with Crippen LogP contribution in [-0.2, 0) is 6.42 Å². The molecule has 1 aromatic rings. The van der Waals surface area contributed by atoms with Crippen molar-refractivity contribution in [2.75, 3.05) is 26.7 Å². The Morgan fingerprint density at radius 2 is 2.00 bits per heavy atom. The molecule has 0 aromatic heterocycles. The van der Waals surface area contributed by atoms with E-state index in [1.165, 1.54) is 12.5 Å². The molecule has 21 heavy (non-hydrogen) atoms. The zero-order chi connectivity index (χ0) is 14.8. The first-order chi connectivity index (χ1) is 9.69. The van der Waals surface area contributed by atoms with Gasteiger partial charge in [0.15, 0.2) is 5.96 Å². The molecule has 3 nitrogen and oxygen atoms in total. The molecule has 0 heterocycles. The fourth-order valence-corrected chi connectivity index (χ4v) is 1.95. The monoisotopic (exact) mass is 407 g/mol. The number of hydrogen-bond donors (Lipinski definition) is 1. The van der Waals surface area contributed by atoms with Gasteiger partial charge in [0.05, 0.1) is 0 Å². The minimum Gasteiger partial charge on any atom is -0.357 e. The zero-order valence-electron chi connectivity index (χ0n) is 13.2. The van der Waals surface area contributed by atoms with Gasteiger partial charge < -0.3 is 10.2 Å². The lowest BCUT2D eigenvalue weighted by Gasteiger charge is -2.21. The van der Waals surface area contributed by atoms with Crippen molar-refractivity contribution in [1.82, 2.24) is 10.2 Å². The molecule has 0 aliphatic rings. The maximum absolute atomic E-state index is 13.5. The van der Waals surface area contributed by atoms with Gasteiger partial charge in [0, 0.05) is 26.7 Å². The van der Waals surface area contributed by atoms with Gasteiger partial charge in [0.25, 0.3) is 0 Å². The van der Waals surface area contributed by atoms with Gasteiger partial charge in [-0.15, -0.1) is 24.0 Å². The van der Waals surface area contributed by atoms with E-state index in [9.17, 15) is 4.39 Å². The molecule has 0 radical (unpaired) electrons. The number of benzene rings is 1. The van der Waals surface area contributed by atoms with Gasteiger partial charge >= 0.3 is 0 Å². The van der Waals surface area contributed by atoms with Crippen molar-refractivity contribution in [3.63, 3.8) is 0 Å². The summed E-state index contributed by atoms with van der Waals surface area (Å²) in [5.41, 5.74) is 0.725. The molecule has 0 bridgehead atoms. The molecule has 0 fully saturated rings. The van der Waals surface area contributed by atoms with Crippen LogP contribution in [0.25, 0.3) is 0 Å². The first-order valence-electron chi connectivity index (χ1n) is 7.41. The van der Waals surface area contributed by atoms with Gasteiger partial charge in [0.2, 0.25) is 0 Å². The molecule has 0 saturated carbocycles. The van der Waals surface area contributed by atoms with Crippen LogP contribution >= 0.6 is 24.0 Å². The third-order valence-electron chi connectivity index (χ3n) is 3.14. The highest BCUT2D eigenvalue weighted by Crippen LogP contribution is 2.07. The van der Waals surface area contributed by atoms with Crippen molar-refractivity contribution in [2.24, 2.45) is 4.99 Å². The highest BCUT2D eigenvalue weighted by molar-refractivity contribution is 14.0. The second kappa shape index (κ2) is 11.8. The number of nitrogens with one attached hydrogen (secondary N) is 1. The van der Waals surface area contributed by atoms with Crippen molar-refractivity contribution in [3.05, 3.63) is 35.6 Å². The summed E-state index contributed by atoms with van der Waals surface area (Å²) in [5.74, 6) is 0.754. The number of aliphatic imine (C=N–C) groups is 1. The Balaban J connectivity index is 0.00000400. The van der Waals surface area contributed by atoms with Crippen molar-refractivity contribution in [1.29, 1.82) is 0 Å². The number of rotatable bonds is 7. The number of unbranched alkanes of at least 4 members (excludes halogenated alkanes) is 1. The Kier molecular flexibility index (Phi) is 11.3. The molecule has 1 rings (SSSR count). The van der Waals surface area contributed by atoms with Crippen LogP contribution in [-0.4, -0.2) is 37.5 Å². The topological polar surface area (TPSA) is 27.6 Å². The van der Waals surface area contributed by atoms with Crippen LogP contribution in [0.3, 0.4) is 0 Å². The average molecular weight is 407 g/mol. The van der Waals surface area contributed by atoms with Gasteiger partial charge in [0.1, 0.15) is 5.82 Å². The molecule has 0 unspecified atom stereocenters. The average Bonchev–Trinajstić information content (AvgIpc) is 2.45. The smallest absolute Gasteiger partial charge is 0.193 e. The normalized spacial score (nSPS) is 11.0. The lowest BCUT2D eigenvalue weighted by molar-refractivity contribution is 0.465. The minimum absolute atomic E-state index is 0. The molecule has 0 aliphatic carbocycles. The second-order valence-electron chi connectivity index (χ2n) is 4.85. The van der Waals surface area contributed by atoms with Gasteiger partial charge in [-0.2, -0.15) is 0 Å². The largest absolute Gasteiger partial charge is 0.357 e. The third kappa shape index (κ3) is 7.64. The molecule has 0 amide bonds. The summed E-state index contributed by atoms with van der Waals surface area (Å²) in [5, 5.41) is 3.27. The van der Waals surface area contributed by atoms with Crippen LogP contribution in [0, 0.1) is 5.82 Å². The van der Waals surface area contributed by atoms with E-state index >= 15 is 0 Å². The Morgan fingerprint density at radius 1 is 1.29 bits per heavy atom. The van der Waals surface area contributed by atoms with E-state index in [0.29, 0.717) is 13.0 Å². The lowest BCUT2D eigenvalue weighted by atomic mass is 10.1. The lowest BCUT2D eigenvalue weighted by Crippen LogP contribution is -2.39. The summed E-state index contributed by atoms with van der Waals surface area (Å²) in [4.78, 5) is 6.70. The van der Waals surface area contributed by atoms with Crippen molar-refractivity contribution >= 4 is 29.9 Å². The number of nitrogens with zero attached hydrogens (tertiary/aromatic N) is 2. The molecule has 0 atom stereocenters. The van der Waals surface area contributed by atoms with Crippen molar-refractivity contribution in [2.45, 2.75) is 33.1 Å². The van der Waals surface area contributed by atoms with Crippen LogP contribution in [0.15, 0.2) is 29.3 Å². The predicted molar refractivity (Wildman–Crippen MR) is 99.0 cm³/mol. The zero-order valence-corrected chi connectivity index (χ0v) is 15.6. The number of halogens is 2. The van der Waals surface area contributed by atoms with Crippen LogP contribution in [0.1, 0.15) is 32.3 Å². The third-order valence-corrected chi connectivity index (χ3v) is 3.14. The molecular formula is C16H27FIN3. The van der Waals surface area contributed by atoms with Crippen molar-refractivity contribution in [3.8, 4) is 0 Å². The van der Waals surface area contributed by atoms with E-state index in [1.807, 2.05) is 19.2 Å². The molecule has 0 saturated heterocycles. The maximum atomic E-state index is 13.5. The van der Waals surface area contributed by atoms with E-state index in [4.69, 9.17) is 0 Å². The summed E-state index contributed by atoms with van der Waals surface area (Å²) < 4.78 is 13.5. The van der Waals surface area contributed by atoms with E-state index < -0.39 is 0 Å². The maximum Gasteiger partial charge on any atom is 0.193 e. The highest BCUT2D eigenvalue weighted by atomic mass is 127. The fraction of sp³-hybridized carbons (Fsp3) is 0.562. The molecular weight excluding hydrogens is 380 g/mol. The van der Waals surface area contributed by atoms with Crippen LogP contribution in [0.4, 0.5) is 4.39 Å². The molecule has 120 valence electrons. The van der Waals surface area contributed by atoms with Gasteiger partial charge in [-0.3, -0.25) is 4.99 Å².